The lowest BCUT2D eigenvalue weighted by molar-refractivity contribution is -0.162. The molecule has 1 saturated heterocycles. The zero-order valence-electron chi connectivity index (χ0n) is 13.9. The van der Waals surface area contributed by atoms with E-state index in [1.165, 1.54) is 11.3 Å². The van der Waals surface area contributed by atoms with Crippen LogP contribution < -0.4 is 11.1 Å². The summed E-state index contributed by atoms with van der Waals surface area (Å²) in [4.78, 5) is 26.3. The van der Waals surface area contributed by atoms with Gasteiger partial charge in [-0.25, -0.2) is 0 Å². The molecule has 0 saturated carbocycles. The quantitative estimate of drug-likeness (QED) is 0.827. The number of benzene rings is 1. The Morgan fingerprint density at radius 3 is 2.88 bits per heavy atom. The van der Waals surface area contributed by atoms with Crippen molar-refractivity contribution in [3.63, 3.8) is 0 Å². The van der Waals surface area contributed by atoms with Crippen molar-refractivity contribution in [2.45, 2.75) is 25.6 Å². The molecule has 1 aliphatic heterocycles. The van der Waals surface area contributed by atoms with E-state index in [1.54, 1.807) is 11.9 Å². The number of carbonyl (C=O) groups is 2. The van der Waals surface area contributed by atoms with Gasteiger partial charge >= 0.3 is 0 Å². The van der Waals surface area contributed by atoms with Gasteiger partial charge in [0.25, 0.3) is 5.91 Å². The molecule has 2 atom stereocenters. The molecular weight excluding hydrogens is 342 g/mol. The summed E-state index contributed by atoms with van der Waals surface area (Å²) in [5, 5.41) is 11.3. The van der Waals surface area contributed by atoms with E-state index in [4.69, 9.17) is 10.5 Å². The molecule has 3 rings (SSSR count). The second-order valence-corrected chi connectivity index (χ2v) is 6.88. The van der Waals surface area contributed by atoms with Crippen LogP contribution in [0.25, 0.3) is 0 Å². The first-order valence-corrected chi connectivity index (χ1v) is 8.57. The number of rotatable bonds is 4. The first-order valence-electron chi connectivity index (χ1n) is 7.75. The molecule has 0 unspecified atom stereocenters. The van der Waals surface area contributed by atoms with E-state index in [1.807, 2.05) is 31.2 Å². The third kappa shape index (κ3) is 3.62. The van der Waals surface area contributed by atoms with Gasteiger partial charge in [0.2, 0.25) is 11.0 Å². The van der Waals surface area contributed by atoms with Crippen LogP contribution in [0.4, 0.5) is 5.13 Å². The summed E-state index contributed by atoms with van der Waals surface area (Å²) in [5.41, 5.74) is 7.42. The fourth-order valence-corrected chi connectivity index (χ4v) is 3.37. The summed E-state index contributed by atoms with van der Waals surface area (Å²) >= 11 is 1.21. The molecule has 2 heterocycles. The molecule has 9 heteroatoms. The van der Waals surface area contributed by atoms with Gasteiger partial charge in [-0.3, -0.25) is 9.59 Å². The Morgan fingerprint density at radius 1 is 1.44 bits per heavy atom. The van der Waals surface area contributed by atoms with Crippen LogP contribution in [0.3, 0.4) is 0 Å². The average molecular weight is 361 g/mol. The van der Waals surface area contributed by atoms with Gasteiger partial charge in [0.1, 0.15) is 11.6 Å². The molecular formula is C16H19N5O3S. The van der Waals surface area contributed by atoms with Crippen molar-refractivity contribution in [3.8, 4) is 0 Å². The minimum atomic E-state index is -0.797. The smallest absolute Gasteiger partial charge is 0.252 e. The summed E-state index contributed by atoms with van der Waals surface area (Å²) in [7, 11) is 1.69. The lowest BCUT2D eigenvalue weighted by Gasteiger charge is -2.38. The van der Waals surface area contributed by atoms with Gasteiger partial charge in [-0.15, -0.1) is 10.2 Å². The number of aryl methyl sites for hydroxylation is 1. The van der Waals surface area contributed by atoms with Crippen LogP contribution in [0, 0.1) is 6.92 Å². The van der Waals surface area contributed by atoms with Crippen molar-refractivity contribution in [2.75, 3.05) is 19.4 Å². The number of morpholine rings is 1. The number of likely N-dealkylation sites (N-methyl/N-ethyl adjacent to an activating group) is 1. The second kappa shape index (κ2) is 7.16. The first-order chi connectivity index (χ1) is 12.0. The average Bonchev–Trinajstić information content (AvgIpc) is 3.01. The maximum absolute atomic E-state index is 12.7. The van der Waals surface area contributed by atoms with Crippen molar-refractivity contribution in [1.82, 2.24) is 20.4 Å². The molecule has 0 spiro atoms. The molecule has 25 heavy (non-hydrogen) atoms. The van der Waals surface area contributed by atoms with Crippen LogP contribution in [0.1, 0.15) is 22.2 Å². The first kappa shape index (κ1) is 17.3. The monoisotopic (exact) mass is 361 g/mol. The molecule has 8 nitrogen and oxygen atoms in total. The van der Waals surface area contributed by atoms with Crippen molar-refractivity contribution < 1.29 is 14.3 Å². The lowest BCUT2D eigenvalue weighted by Crippen LogP contribution is -2.53. The van der Waals surface area contributed by atoms with Crippen LogP contribution in [-0.2, 0) is 20.9 Å². The predicted molar refractivity (Wildman–Crippen MR) is 92.6 cm³/mol. The largest absolute Gasteiger partial charge is 0.374 e. The highest BCUT2D eigenvalue weighted by molar-refractivity contribution is 7.15. The predicted octanol–water partition coefficient (Wildman–Crippen LogP) is 0.643. The number of hydrogen-bond acceptors (Lipinski definition) is 7. The highest BCUT2D eigenvalue weighted by Gasteiger charge is 2.40. The van der Waals surface area contributed by atoms with Gasteiger partial charge in [-0.05, 0) is 18.1 Å². The number of aromatic nitrogens is 2. The van der Waals surface area contributed by atoms with Gasteiger partial charge in [-0.2, -0.15) is 0 Å². The van der Waals surface area contributed by atoms with Crippen molar-refractivity contribution in [3.05, 3.63) is 40.4 Å². The van der Waals surface area contributed by atoms with Gasteiger partial charge < -0.3 is 20.7 Å². The standard InChI is InChI=1S/C16H19N5O3S/c1-9-5-3-4-6-10(9)13-14(24-8-12(22)21(13)2)15(23)18-7-11-19-20-16(17)25-11/h3-6,13-14H,7-8H2,1-2H3,(H2,17,20)(H,18,23)/t13-,14+/m1/s1. The van der Waals surface area contributed by atoms with Gasteiger partial charge in [0, 0.05) is 7.05 Å². The van der Waals surface area contributed by atoms with E-state index in [9.17, 15) is 9.59 Å². The maximum atomic E-state index is 12.7. The highest BCUT2D eigenvalue weighted by Crippen LogP contribution is 2.31. The van der Waals surface area contributed by atoms with Crippen LogP contribution in [0.2, 0.25) is 0 Å². The number of carbonyl (C=O) groups excluding carboxylic acids is 2. The van der Waals surface area contributed by atoms with Gasteiger partial charge in [-0.1, -0.05) is 35.6 Å². The molecule has 1 aromatic heterocycles. The van der Waals surface area contributed by atoms with Crippen LogP contribution >= 0.6 is 11.3 Å². The molecule has 132 valence electrons. The number of anilines is 1. The van der Waals surface area contributed by atoms with Gasteiger partial charge in [0.15, 0.2) is 6.10 Å². The Morgan fingerprint density at radius 2 is 2.20 bits per heavy atom. The number of nitrogens with two attached hydrogens (primary N) is 1. The molecule has 0 bridgehead atoms. The van der Waals surface area contributed by atoms with E-state index < -0.39 is 12.1 Å². The fraction of sp³-hybridized carbons (Fsp3) is 0.375. The van der Waals surface area contributed by atoms with E-state index in [0.717, 1.165) is 11.1 Å². The molecule has 2 aromatic rings. The van der Waals surface area contributed by atoms with Crippen molar-refractivity contribution in [2.24, 2.45) is 0 Å². The van der Waals surface area contributed by atoms with E-state index in [-0.39, 0.29) is 25.0 Å². The van der Waals surface area contributed by atoms with Crippen LogP contribution in [-0.4, -0.2) is 46.7 Å². The normalized spacial score (nSPS) is 20.6. The SMILES string of the molecule is Cc1ccccc1[C@@H]1[C@@H](C(=O)NCc2nnc(N)s2)OCC(=O)N1C. The summed E-state index contributed by atoms with van der Waals surface area (Å²) in [6, 6.07) is 7.17. The van der Waals surface area contributed by atoms with E-state index in [0.29, 0.717) is 10.1 Å². The Labute approximate surface area is 149 Å². The molecule has 2 amide bonds. The number of nitrogens with one attached hydrogen (secondary N) is 1. The minimum absolute atomic E-state index is 0.122. The van der Waals surface area contributed by atoms with Crippen LogP contribution in [0.5, 0.6) is 0 Å². The second-order valence-electron chi connectivity index (χ2n) is 5.79. The molecule has 1 fully saturated rings. The molecule has 0 radical (unpaired) electrons. The Hall–Kier alpha value is -2.52. The Kier molecular flexibility index (Phi) is 4.95. The van der Waals surface area contributed by atoms with Crippen molar-refractivity contribution in [1.29, 1.82) is 0 Å². The lowest BCUT2D eigenvalue weighted by atomic mass is 9.94. The minimum Gasteiger partial charge on any atom is -0.374 e. The number of amides is 2. The summed E-state index contributed by atoms with van der Waals surface area (Å²) < 4.78 is 5.58. The number of hydrogen-bond donors (Lipinski definition) is 2. The molecule has 1 aliphatic rings. The van der Waals surface area contributed by atoms with Crippen LogP contribution in [0.15, 0.2) is 24.3 Å². The fourth-order valence-electron chi connectivity index (χ4n) is 2.82. The highest BCUT2D eigenvalue weighted by atomic mass is 32.1. The summed E-state index contributed by atoms with van der Waals surface area (Å²) in [5.74, 6) is -0.462. The number of nitrogens with zero attached hydrogens (tertiary/aromatic N) is 3. The molecule has 1 aromatic carbocycles. The zero-order chi connectivity index (χ0) is 18.0. The van der Waals surface area contributed by atoms with Gasteiger partial charge in [0.05, 0.1) is 12.6 Å². The zero-order valence-corrected chi connectivity index (χ0v) is 14.7. The Bertz CT molecular complexity index is 794. The third-order valence-corrected chi connectivity index (χ3v) is 4.90. The Balaban J connectivity index is 1.80. The van der Waals surface area contributed by atoms with E-state index >= 15 is 0 Å². The third-order valence-electron chi connectivity index (χ3n) is 4.15. The van der Waals surface area contributed by atoms with E-state index in [2.05, 4.69) is 15.5 Å². The summed E-state index contributed by atoms with van der Waals surface area (Å²) in [6.07, 6.45) is -0.797. The topological polar surface area (TPSA) is 110 Å². The number of ether oxygens (including phenoxy) is 1. The molecule has 0 aliphatic carbocycles. The van der Waals surface area contributed by atoms with Crippen molar-refractivity contribution >= 4 is 28.3 Å². The maximum Gasteiger partial charge on any atom is 0.252 e. The number of nitrogen functional groups attached to an aromatic ring is 1. The summed E-state index contributed by atoms with van der Waals surface area (Å²) in [6.45, 7) is 2.04. The molecule has 3 N–H and O–H groups in total.